The first kappa shape index (κ1) is 11.1. The average molecular weight is 209 g/mol. The van der Waals surface area contributed by atoms with Gasteiger partial charge in [0, 0.05) is 12.4 Å². The molecule has 15 heavy (non-hydrogen) atoms. The van der Waals surface area contributed by atoms with Crippen molar-refractivity contribution >= 4 is 11.9 Å². The molecule has 5 N–H and O–H groups in total. The molecular formula is C9H11N3O3. The summed E-state index contributed by atoms with van der Waals surface area (Å²) in [7, 11) is 0. The summed E-state index contributed by atoms with van der Waals surface area (Å²) < 4.78 is 0. The quantitative estimate of drug-likeness (QED) is 0.595. The summed E-state index contributed by atoms with van der Waals surface area (Å²) in [6.45, 7) is 0. The Morgan fingerprint density at radius 1 is 1.53 bits per heavy atom. The second-order valence-corrected chi connectivity index (χ2v) is 3.05. The van der Waals surface area contributed by atoms with Gasteiger partial charge in [0.1, 0.15) is 6.04 Å². The minimum Gasteiger partial charge on any atom is -0.480 e. The summed E-state index contributed by atoms with van der Waals surface area (Å²) >= 11 is 0. The van der Waals surface area contributed by atoms with Crippen LogP contribution in [0.2, 0.25) is 0 Å². The van der Waals surface area contributed by atoms with Gasteiger partial charge in [0.25, 0.3) is 5.91 Å². The molecule has 1 heterocycles. The Kier molecular flexibility index (Phi) is 3.35. The van der Waals surface area contributed by atoms with Crippen molar-refractivity contribution in [2.45, 2.75) is 12.5 Å². The number of carboxylic acids is 1. The van der Waals surface area contributed by atoms with Crippen LogP contribution in [0.15, 0.2) is 18.5 Å². The lowest BCUT2D eigenvalue weighted by Gasteiger charge is -2.08. The van der Waals surface area contributed by atoms with E-state index in [4.69, 9.17) is 16.6 Å². The molecule has 0 saturated carbocycles. The van der Waals surface area contributed by atoms with E-state index >= 15 is 0 Å². The van der Waals surface area contributed by atoms with E-state index in [0.717, 1.165) is 0 Å². The van der Waals surface area contributed by atoms with Gasteiger partial charge in [-0.2, -0.15) is 0 Å². The molecule has 0 saturated heterocycles. The summed E-state index contributed by atoms with van der Waals surface area (Å²) in [5.41, 5.74) is 11.1. The first-order valence-electron chi connectivity index (χ1n) is 4.23. The van der Waals surface area contributed by atoms with Crippen molar-refractivity contribution in [2.24, 2.45) is 11.5 Å². The molecule has 1 amide bonds. The first-order valence-corrected chi connectivity index (χ1v) is 4.23. The highest BCUT2D eigenvalue weighted by Crippen LogP contribution is 2.08. The molecule has 0 aliphatic carbocycles. The van der Waals surface area contributed by atoms with Crippen LogP contribution < -0.4 is 11.5 Å². The van der Waals surface area contributed by atoms with Gasteiger partial charge in [-0.1, -0.05) is 0 Å². The average Bonchev–Trinajstić information content (AvgIpc) is 2.18. The van der Waals surface area contributed by atoms with Gasteiger partial charge in [-0.25, -0.2) is 0 Å². The second-order valence-electron chi connectivity index (χ2n) is 3.05. The number of primary amides is 1. The largest absolute Gasteiger partial charge is 0.480 e. The Morgan fingerprint density at radius 3 is 2.73 bits per heavy atom. The van der Waals surface area contributed by atoms with Crippen molar-refractivity contribution in [3.05, 3.63) is 29.6 Å². The van der Waals surface area contributed by atoms with E-state index in [1.807, 2.05) is 0 Å². The zero-order chi connectivity index (χ0) is 11.4. The maximum absolute atomic E-state index is 11.0. The number of pyridine rings is 1. The maximum Gasteiger partial charge on any atom is 0.320 e. The number of carbonyl (C=O) groups is 2. The number of aliphatic carboxylic acids is 1. The van der Waals surface area contributed by atoms with Gasteiger partial charge in [0.2, 0.25) is 0 Å². The molecule has 0 aliphatic heterocycles. The lowest BCUT2D eigenvalue weighted by atomic mass is 10.0. The molecule has 1 atom stereocenters. The highest BCUT2D eigenvalue weighted by atomic mass is 16.4. The molecule has 80 valence electrons. The van der Waals surface area contributed by atoms with E-state index in [1.54, 1.807) is 0 Å². The molecule has 1 rings (SSSR count). The minimum absolute atomic E-state index is 0.0517. The highest BCUT2D eigenvalue weighted by molar-refractivity contribution is 5.94. The molecule has 0 bridgehead atoms. The van der Waals surface area contributed by atoms with Crippen LogP contribution in [0.1, 0.15) is 15.9 Å². The van der Waals surface area contributed by atoms with Crippen LogP contribution in [0.4, 0.5) is 0 Å². The SMILES string of the molecule is NC(=O)c1cnccc1CC(N)C(=O)O. The van der Waals surface area contributed by atoms with E-state index in [-0.39, 0.29) is 12.0 Å². The number of nitrogens with two attached hydrogens (primary N) is 2. The number of hydrogen-bond acceptors (Lipinski definition) is 4. The molecule has 0 aromatic carbocycles. The second kappa shape index (κ2) is 4.52. The summed E-state index contributed by atoms with van der Waals surface area (Å²) in [4.78, 5) is 25.2. The van der Waals surface area contributed by atoms with E-state index < -0.39 is 17.9 Å². The summed E-state index contributed by atoms with van der Waals surface area (Å²) in [6, 6.07) is 0.480. The predicted octanol–water partition coefficient (Wildman–Crippen LogP) is -0.865. The van der Waals surface area contributed by atoms with Gasteiger partial charge >= 0.3 is 5.97 Å². The Morgan fingerprint density at radius 2 is 2.20 bits per heavy atom. The van der Waals surface area contributed by atoms with Crippen LogP contribution in [0.3, 0.4) is 0 Å². The smallest absolute Gasteiger partial charge is 0.320 e. The van der Waals surface area contributed by atoms with Crippen molar-refractivity contribution in [3.8, 4) is 0 Å². The number of rotatable bonds is 4. The van der Waals surface area contributed by atoms with Crippen LogP contribution in [0.25, 0.3) is 0 Å². The third kappa shape index (κ3) is 2.75. The van der Waals surface area contributed by atoms with Crippen LogP contribution in [0, 0.1) is 0 Å². The molecule has 0 aliphatic rings. The fourth-order valence-corrected chi connectivity index (χ4v) is 1.15. The van der Waals surface area contributed by atoms with Gasteiger partial charge in [-0.15, -0.1) is 0 Å². The van der Waals surface area contributed by atoms with Crippen LogP contribution >= 0.6 is 0 Å². The number of aromatic nitrogens is 1. The monoisotopic (exact) mass is 209 g/mol. The number of carbonyl (C=O) groups excluding carboxylic acids is 1. The summed E-state index contributed by atoms with van der Waals surface area (Å²) in [5, 5.41) is 8.62. The normalized spacial score (nSPS) is 12.1. The number of nitrogens with zero attached hydrogens (tertiary/aromatic N) is 1. The van der Waals surface area contributed by atoms with Gasteiger partial charge in [0.05, 0.1) is 5.56 Å². The topological polar surface area (TPSA) is 119 Å². The molecule has 0 radical (unpaired) electrons. The fraction of sp³-hybridized carbons (Fsp3) is 0.222. The van der Waals surface area contributed by atoms with Crippen molar-refractivity contribution in [1.29, 1.82) is 0 Å². The van der Waals surface area contributed by atoms with Crippen LogP contribution in [-0.2, 0) is 11.2 Å². The molecule has 6 heteroatoms. The Labute approximate surface area is 85.9 Å². The minimum atomic E-state index is -1.12. The zero-order valence-electron chi connectivity index (χ0n) is 7.88. The van der Waals surface area contributed by atoms with E-state index in [1.165, 1.54) is 18.5 Å². The molecule has 1 aromatic rings. The predicted molar refractivity (Wildman–Crippen MR) is 52.1 cm³/mol. The van der Waals surface area contributed by atoms with Gasteiger partial charge in [0.15, 0.2) is 0 Å². The Hall–Kier alpha value is -1.95. The highest BCUT2D eigenvalue weighted by Gasteiger charge is 2.16. The van der Waals surface area contributed by atoms with E-state index in [2.05, 4.69) is 4.98 Å². The van der Waals surface area contributed by atoms with Crippen LogP contribution in [0.5, 0.6) is 0 Å². The third-order valence-electron chi connectivity index (χ3n) is 1.93. The van der Waals surface area contributed by atoms with Crippen molar-refractivity contribution in [1.82, 2.24) is 4.98 Å². The molecule has 0 fully saturated rings. The Bertz CT molecular complexity index is 392. The molecular weight excluding hydrogens is 198 g/mol. The van der Waals surface area contributed by atoms with Gasteiger partial charge in [-0.05, 0) is 18.1 Å². The third-order valence-corrected chi connectivity index (χ3v) is 1.93. The van der Waals surface area contributed by atoms with Crippen LogP contribution in [-0.4, -0.2) is 28.0 Å². The molecule has 6 nitrogen and oxygen atoms in total. The number of hydrogen-bond donors (Lipinski definition) is 3. The Balaban J connectivity index is 2.94. The lowest BCUT2D eigenvalue weighted by molar-refractivity contribution is -0.138. The number of carboxylic acid groups (broad SMARTS) is 1. The van der Waals surface area contributed by atoms with Gasteiger partial charge in [-0.3, -0.25) is 14.6 Å². The zero-order valence-corrected chi connectivity index (χ0v) is 7.88. The van der Waals surface area contributed by atoms with E-state index in [0.29, 0.717) is 5.56 Å². The lowest BCUT2D eigenvalue weighted by Crippen LogP contribution is -2.33. The van der Waals surface area contributed by atoms with Crippen molar-refractivity contribution in [2.75, 3.05) is 0 Å². The maximum atomic E-state index is 11.0. The van der Waals surface area contributed by atoms with Crippen molar-refractivity contribution in [3.63, 3.8) is 0 Å². The van der Waals surface area contributed by atoms with Crippen molar-refractivity contribution < 1.29 is 14.7 Å². The molecule has 1 aromatic heterocycles. The van der Waals surface area contributed by atoms with Gasteiger partial charge < -0.3 is 16.6 Å². The van der Waals surface area contributed by atoms with E-state index in [9.17, 15) is 9.59 Å². The molecule has 1 unspecified atom stereocenters. The fourth-order valence-electron chi connectivity index (χ4n) is 1.15. The summed E-state index contributed by atoms with van der Waals surface area (Å²) in [6.07, 6.45) is 2.80. The number of amides is 1. The standard InChI is InChI=1S/C9H11N3O3/c10-7(9(14)15)3-5-1-2-12-4-6(5)8(11)13/h1-2,4,7H,3,10H2,(H2,11,13)(H,14,15). The molecule has 0 spiro atoms. The summed E-state index contributed by atoms with van der Waals surface area (Å²) in [5.74, 6) is -1.77. The first-order chi connectivity index (χ1) is 7.02.